The summed E-state index contributed by atoms with van der Waals surface area (Å²) in [5.74, 6) is -0.557. The molecular weight excluding hydrogens is 305 g/mol. The quantitative estimate of drug-likeness (QED) is 0.791. The molecule has 0 fully saturated rings. The van der Waals surface area contributed by atoms with Gasteiger partial charge in [0.05, 0.1) is 0 Å². The standard InChI is InChI=1S/C20H24FNO2/c1-3-18(24-19-12-8-7-11-17(19)21)20(23)22-15(2)13-14-16-9-5-4-6-10-16/h4-12,15,18H,3,13-14H2,1-2H3,(H,22,23). The third-order valence-corrected chi connectivity index (χ3v) is 3.87. The lowest BCUT2D eigenvalue weighted by atomic mass is 10.1. The van der Waals surface area contributed by atoms with Crippen LogP contribution in [0.2, 0.25) is 0 Å². The summed E-state index contributed by atoms with van der Waals surface area (Å²) in [5, 5.41) is 2.95. The minimum absolute atomic E-state index is 0.0241. The molecule has 2 atom stereocenters. The lowest BCUT2D eigenvalue weighted by molar-refractivity contribution is -0.128. The third-order valence-electron chi connectivity index (χ3n) is 3.87. The second kappa shape index (κ2) is 9.06. The predicted octanol–water partition coefficient (Wildman–Crippen LogP) is 4.12. The molecule has 2 unspecified atom stereocenters. The van der Waals surface area contributed by atoms with Gasteiger partial charge in [-0.1, -0.05) is 49.4 Å². The van der Waals surface area contributed by atoms with Gasteiger partial charge in [-0.3, -0.25) is 4.79 Å². The SMILES string of the molecule is CCC(Oc1ccccc1F)C(=O)NC(C)CCc1ccccc1. The van der Waals surface area contributed by atoms with E-state index in [-0.39, 0.29) is 17.7 Å². The molecular formula is C20H24FNO2. The van der Waals surface area contributed by atoms with E-state index in [2.05, 4.69) is 17.4 Å². The minimum atomic E-state index is -0.693. The van der Waals surface area contributed by atoms with Crippen LogP contribution in [-0.4, -0.2) is 18.1 Å². The molecule has 0 aliphatic carbocycles. The van der Waals surface area contributed by atoms with Gasteiger partial charge in [0, 0.05) is 6.04 Å². The van der Waals surface area contributed by atoms with Crippen molar-refractivity contribution in [1.29, 1.82) is 0 Å². The summed E-state index contributed by atoms with van der Waals surface area (Å²) in [5.41, 5.74) is 1.24. The molecule has 24 heavy (non-hydrogen) atoms. The van der Waals surface area contributed by atoms with Gasteiger partial charge in [0.25, 0.3) is 5.91 Å². The van der Waals surface area contributed by atoms with Crippen molar-refractivity contribution in [2.75, 3.05) is 0 Å². The molecule has 2 aromatic carbocycles. The van der Waals surface area contributed by atoms with Gasteiger partial charge in [0.1, 0.15) is 0 Å². The van der Waals surface area contributed by atoms with E-state index in [1.165, 1.54) is 17.7 Å². The van der Waals surface area contributed by atoms with Crippen molar-refractivity contribution in [3.8, 4) is 5.75 Å². The van der Waals surface area contributed by atoms with E-state index in [4.69, 9.17) is 4.74 Å². The zero-order valence-electron chi connectivity index (χ0n) is 14.2. The minimum Gasteiger partial charge on any atom is -0.478 e. The van der Waals surface area contributed by atoms with Crippen LogP contribution in [-0.2, 0) is 11.2 Å². The third kappa shape index (κ3) is 5.37. The highest BCUT2D eigenvalue weighted by atomic mass is 19.1. The zero-order chi connectivity index (χ0) is 17.4. The molecule has 128 valence electrons. The maximum absolute atomic E-state index is 13.7. The number of benzene rings is 2. The number of aryl methyl sites for hydroxylation is 1. The molecule has 0 saturated carbocycles. The number of halogens is 1. The van der Waals surface area contributed by atoms with Crippen molar-refractivity contribution in [3.63, 3.8) is 0 Å². The summed E-state index contributed by atoms with van der Waals surface area (Å²) in [6.45, 7) is 3.82. The summed E-state index contributed by atoms with van der Waals surface area (Å²) >= 11 is 0. The van der Waals surface area contributed by atoms with E-state index in [9.17, 15) is 9.18 Å². The van der Waals surface area contributed by atoms with E-state index < -0.39 is 11.9 Å². The molecule has 2 rings (SSSR count). The van der Waals surface area contributed by atoms with Gasteiger partial charge in [-0.2, -0.15) is 0 Å². The van der Waals surface area contributed by atoms with Crippen molar-refractivity contribution in [3.05, 3.63) is 66.0 Å². The van der Waals surface area contributed by atoms with E-state index in [0.29, 0.717) is 6.42 Å². The molecule has 0 aliphatic rings. The Bertz CT molecular complexity index is 645. The van der Waals surface area contributed by atoms with Gasteiger partial charge in [0.15, 0.2) is 17.7 Å². The van der Waals surface area contributed by atoms with Gasteiger partial charge in [-0.15, -0.1) is 0 Å². The van der Waals surface area contributed by atoms with Gasteiger partial charge in [-0.25, -0.2) is 4.39 Å². The first-order valence-corrected chi connectivity index (χ1v) is 8.35. The highest BCUT2D eigenvalue weighted by Crippen LogP contribution is 2.18. The number of amides is 1. The first-order valence-electron chi connectivity index (χ1n) is 8.35. The van der Waals surface area contributed by atoms with E-state index >= 15 is 0 Å². The molecule has 4 heteroatoms. The summed E-state index contributed by atoms with van der Waals surface area (Å²) < 4.78 is 19.2. The monoisotopic (exact) mass is 329 g/mol. The van der Waals surface area contributed by atoms with Crippen LogP contribution < -0.4 is 10.1 Å². The van der Waals surface area contributed by atoms with Crippen LogP contribution in [0.25, 0.3) is 0 Å². The highest BCUT2D eigenvalue weighted by Gasteiger charge is 2.21. The Morgan fingerprint density at radius 1 is 1.12 bits per heavy atom. The summed E-state index contributed by atoms with van der Waals surface area (Å²) in [6, 6.07) is 16.3. The Labute approximate surface area is 142 Å². The molecule has 1 amide bonds. The van der Waals surface area contributed by atoms with Crippen LogP contribution >= 0.6 is 0 Å². The number of hydrogen-bond donors (Lipinski definition) is 1. The molecule has 0 radical (unpaired) electrons. The Morgan fingerprint density at radius 2 is 1.79 bits per heavy atom. The topological polar surface area (TPSA) is 38.3 Å². The van der Waals surface area contributed by atoms with Gasteiger partial charge < -0.3 is 10.1 Å². The van der Waals surface area contributed by atoms with Crippen molar-refractivity contribution >= 4 is 5.91 Å². The lowest BCUT2D eigenvalue weighted by Crippen LogP contribution is -2.42. The second-order valence-corrected chi connectivity index (χ2v) is 5.88. The zero-order valence-corrected chi connectivity index (χ0v) is 14.2. The fraction of sp³-hybridized carbons (Fsp3) is 0.350. The Morgan fingerprint density at radius 3 is 2.46 bits per heavy atom. The van der Waals surface area contributed by atoms with Crippen molar-refractivity contribution < 1.29 is 13.9 Å². The highest BCUT2D eigenvalue weighted by molar-refractivity contribution is 5.81. The number of ether oxygens (including phenoxy) is 1. The first kappa shape index (κ1) is 18.0. The van der Waals surface area contributed by atoms with Crippen molar-refractivity contribution in [2.45, 2.75) is 45.3 Å². The molecule has 0 aliphatic heterocycles. The van der Waals surface area contributed by atoms with E-state index in [0.717, 1.165) is 12.8 Å². The van der Waals surface area contributed by atoms with Gasteiger partial charge in [0.2, 0.25) is 0 Å². The van der Waals surface area contributed by atoms with Crippen molar-refractivity contribution in [2.24, 2.45) is 0 Å². The predicted molar refractivity (Wildman–Crippen MR) is 93.5 cm³/mol. The fourth-order valence-electron chi connectivity index (χ4n) is 2.45. The van der Waals surface area contributed by atoms with Crippen LogP contribution in [0.15, 0.2) is 54.6 Å². The van der Waals surface area contributed by atoms with Crippen LogP contribution in [0.3, 0.4) is 0 Å². The van der Waals surface area contributed by atoms with E-state index in [1.54, 1.807) is 12.1 Å². The molecule has 3 nitrogen and oxygen atoms in total. The Balaban J connectivity index is 1.85. The van der Waals surface area contributed by atoms with Gasteiger partial charge in [-0.05, 0) is 43.9 Å². The van der Waals surface area contributed by atoms with Crippen molar-refractivity contribution in [1.82, 2.24) is 5.32 Å². The molecule has 0 aromatic heterocycles. The molecule has 0 spiro atoms. The number of para-hydroxylation sites is 1. The number of rotatable bonds is 8. The van der Waals surface area contributed by atoms with Crippen LogP contribution in [0.4, 0.5) is 4.39 Å². The number of hydrogen-bond acceptors (Lipinski definition) is 2. The molecule has 0 saturated heterocycles. The Hall–Kier alpha value is -2.36. The van der Waals surface area contributed by atoms with Crippen LogP contribution in [0, 0.1) is 5.82 Å². The summed E-state index contributed by atoms with van der Waals surface area (Å²) in [4.78, 5) is 12.4. The van der Waals surface area contributed by atoms with E-state index in [1.807, 2.05) is 32.0 Å². The molecule has 2 aromatic rings. The molecule has 0 heterocycles. The maximum Gasteiger partial charge on any atom is 0.261 e. The number of carbonyl (C=O) groups excluding carboxylic acids is 1. The summed E-state index contributed by atoms with van der Waals surface area (Å²) in [6.07, 6.45) is 1.52. The first-order chi connectivity index (χ1) is 11.6. The normalized spacial score (nSPS) is 13.1. The second-order valence-electron chi connectivity index (χ2n) is 5.88. The molecule has 0 bridgehead atoms. The lowest BCUT2D eigenvalue weighted by Gasteiger charge is -2.20. The average Bonchev–Trinajstić information content (AvgIpc) is 2.60. The number of nitrogens with one attached hydrogen (secondary N) is 1. The molecule has 1 N–H and O–H groups in total. The number of carbonyl (C=O) groups is 1. The maximum atomic E-state index is 13.7. The average molecular weight is 329 g/mol. The fourth-order valence-corrected chi connectivity index (χ4v) is 2.45. The van der Waals surface area contributed by atoms with Crippen LogP contribution in [0.1, 0.15) is 32.3 Å². The largest absolute Gasteiger partial charge is 0.478 e. The Kier molecular flexibility index (Phi) is 6.79. The summed E-state index contributed by atoms with van der Waals surface area (Å²) in [7, 11) is 0. The smallest absolute Gasteiger partial charge is 0.261 e. The van der Waals surface area contributed by atoms with Gasteiger partial charge >= 0.3 is 0 Å². The van der Waals surface area contributed by atoms with Crippen LogP contribution in [0.5, 0.6) is 5.75 Å².